The van der Waals surface area contributed by atoms with Gasteiger partial charge < -0.3 is 9.09 Å². The Morgan fingerprint density at radius 1 is 1.20 bits per heavy atom. The molecule has 0 saturated carbocycles. The van der Waals surface area contributed by atoms with E-state index in [9.17, 15) is 0 Å². The fourth-order valence-electron chi connectivity index (χ4n) is 2.29. The summed E-state index contributed by atoms with van der Waals surface area (Å²) in [6.45, 7) is 11.1. The molecule has 0 aliphatic heterocycles. The van der Waals surface area contributed by atoms with Gasteiger partial charge >= 0.3 is 0 Å². The zero-order valence-corrected chi connectivity index (χ0v) is 15.9. The Morgan fingerprint density at radius 3 is 2.52 bits per heavy atom. The van der Waals surface area contributed by atoms with Crippen molar-refractivity contribution in [2.45, 2.75) is 57.0 Å². The van der Waals surface area contributed by atoms with E-state index < -0.39 is 0 Å². The Labute approximate surface area is 151 Å². The van der Waals surface area contributed by atoms with Crippen LogP contribution in [0, 0.1) is 0 Å². The molecule has 0 unspecified atom stereocenters. The van der Waals surface area contributed by atoms with Crippen molar-refractivity contribution in [1.29, 1.82) is 0 Å². The SMILES string of the molecule is CCn1c(S[C@@H](C)c2nc(C(C)(C)C)no2)nnc1-c1ccncc1. The fourth-order valence-corrected chi connectivity index (χ4v) is 3.23. The summed E-state index contributed by atoms with van der Waals surface area (Å²) in [5.41, 5.74) is 0.862. The lowest BCUT2D eigenvalue weighted by molar-refractivity contribution is 0.364. The number of aromatic nitrogens is 6. The second-order valence-electron chi connectivity index (χ2n) is 6.75. The Hall–Kier alpha value is -2.22. The first-order valence-electron chi connectivity index (χ1n) is 8.24. The minimum Gasteiger partial charge on any atom is -0.338 e. The fraction of sp³-hybridized carbons (Fsp3) is 0.471. The lowest BCUT2D eigenvalue weighted by atomic mass is 9.96. The number of hydrogen-bond donors (Lipinski definition) is 0. The van der Waals surface area contributed by atoms with Gasteiger partial charge in [0.05, 0.1) is 5.25 Å². The van der Waals surface area contributed by atoms with Gasteiger partial charge in [-0.3, -0.25) is 4.98 Å². The predicted octanol–water partition coefficient (Wildman–Crippen LogP) is 3.89. The summed E-state index contributed by atoms with van der Waals surface area (Å²) < 4.78 is 7.52. The molecule has 3 rings (SSSR count). The summed E-state index contributed by atoms with van der Waals surface area (Å²) in [6, 6.07) is 3.86. The Bertz CT molecular complexity index is 836. The summed E-state index contributed by atoms with van der Waals surface area (Å²) in [5, 5.41) is 13.6. The first kappa shape index (κ1) is 17.6. The largest absolute Gasteiger partial charge is 0.338 e. The zero-order valence-electron chi connectivity index (χ0n) is 15.1. The zero-order chi connectivity index (χ0) is 18.0. The summed E-state index contributed by atoms with van der Waals surface area (Å²) in [4.78, 5) is 8.59. The van der Waals surface area contributed by atoms with E-state index in [1.165, 1.54) is 0 Å². The lowest BCUT2D eigenvalue weighted by Crippen LogP contribution is -2.13. The van der Waals surface area contributed by atoms with Crippen molar-refractivity contribution < 1.29 is 4.52 Å². The first-order chi connectivity index (χ1) is 11.9. The summed E-state index contributed by atoms with van der Waals surface area (Å²) in [7, 11) is 0. The van der Waals surface area contributed by atoms with E-state index in [1.54, 1.807) is 24.2 Å². The highest BCUT2D eigenvalue weighted by Crippen LogP contribution is 2.35. The van der Waals surface area contributed by atoms with Crippen LogP contribution in [-0.4, -0.2) is 29.9 Å². The second kappa shape index (κ2) is 6.95. The molecule has 0 N–H and O–H groups in total. The van der Waals surface area contributed by atoms with Crippen LogP contribution in [0.1, 0.15) is 51.6 Å². The smallest absolute Gasteiger partial charge is 0.239 e. The van der Waals surface area contributed by atoms with Gasteiger partial charge in [-0.25, -0.2) is 0 Å². The van der Waals surface area contributed by atoms with E-state index in [2.05, 4.69) is 57.6 Å². The highest BCUT2D eigenvalue weighted by molar-refractivity contribution is 7.99. The van der Waals surface area contributed by atoms with Gasteiger partial charge in [-0.15, -0.1) is 10.2 Å². The molecule has 1 atom stereocenters. The molecule has 3 aromatic rings. The van der Waals surface area contributed by atoms with E-state index in [0.717, 1.165) is 23.1 Å². The molecular formula is C17H22N6OS. The molecule has 0 bridgehead atoms. The number of nitrogens with zero attached hydrogens (tertiary/aromatic N) is 6. The second-order valence-corrected chi connectivity index (χ2v) is 8.06. The summed E-state index contributed by atoms with van der Waals surface area (Å²) in [6.07, 6.45) is 3.51. The normalized spacial score (nSPS) is 13.2. The molecular weight excluding hydrogens is 336 g/mol. The maximum Gasteiger partial charge on any atom is 0.239 e. The van der Waals surface area contributed by atoms with Crippen LogP contribution in [0.5, 0.6) is 0 Å². The third-order valence-electron chi connectivity index (χ3n) is 3.71. The number of hydrogen-bond acceptors (Lipinski definition) is 7. The van der Waals surface area contributed by atoms with Crippen molar-refractivity contribution in [3.05, 3.63) is 36.2 Å². The molecule has 0 aromatic carbocycles. The molecule has 0 radical (unpaired) electrons. The van der Waals surface area contributed by atoms with Gasteiger partial charge in [0.2, 0.25) is 5.89 Å². The summed E-state index contributed by atoms with van der Waals surface area (Å²) >= 11 is 1.56. The molecule has 132 valence electrons. The van der Waals surface area contributed by atoms with Gasteiger partial charge in [-0.05, 0) is 26.0 Å². The minimum absolute atomic E-state index is 0.0107. The number of thioether (sulfide) groups is 1. The topological polar surface area (TPSA) is 82.5 Å². The van der Waals surface area contributed by atoms with Crippen molar-refractivity contribution in [1.82, 2.24) is 29.9 Å². The van der Waals surface area contributed by atoms with Crippen LogP contribution in [0.2, 0.25) is 0 Å². The maximum absolute atomic E-state index is 5.44. The molecule has 8 heteroatoms. The van der Waals surface area contributed by atoms with Gasteiger partial charge in [0.25, 0.3) is 0 Å². The number of pyridine rings is 1. The van der Waals surface area contributed by atoms with Gasteiger partial charge in [-0.1, -0.05) is 37.7 Å². The van der Waals surface area contributed by atoms with Crippen LogP contribution >= 0.6 is 11.8 Å². The van der Waals surface area contributed by atoms with Crippen LogP contribution in [0.3, 0.4) is 0 Å². The van der Waals surface area contributed by atoms with Crippen LogP contribution in [0.4, 0.5) is 0 Å². The highest BCUT2D eigenvalue weighted by Gasteiger charge is 2.25. The van der Waals surface area contributed by atoms with Crippen molar-refractivity contribution in [2.75, 3.05) is 0 Å². The average Bonchev–Trinajstić information content (AvgIpc) is 3.22. The third-order valence-corrected chi connectivity index (χ3v) is 4.78. The van der Waals surface area contributed by atoms with Gasteiger partial charge in [0, 0.05) is 29.9 Å². The third kappa shape index (κ3) is 3.73. The van der Waals surface area contributed by atoms with Crippen molar-refractivity contribution in [3.8, 4) is 11.4 Å². The molecule has 7 nitrogen and oxygen atoms in total. The van der Waals surface area contributed by atoms with Crippen LogP contribution < -0.4 is 0 Å². The average molecular weight is 358 g/mol. The van der Waals surface area contributed by atoms with Gasteiger partial charge in [0.1, 0.15) is 0 Å². The molecule has 0 saturated heterocycles. The molecule has 0 spiro atoms. The van der Waals surface area contributed by atoms with E-state index in [1.807, 2.05) is 19.1 Å². The quantitative estimate of drug-likeness (QED) is 0.640. The van der Waals surface area contributed by atoms with Gasteiger partial charge in [-0.2, -0.15) is 4.98 Å². The standard InChI is InChI=1S/C17H22N6OS/c1-6-23-13(12-7-9-18-10-8-12)20-21-16(23)25-11(2)14-19-15(22-24-14)17(3,4)5/h7-11H,6H2,1-5H3/t11-/m0/s1. The molecule has 0 aliphatic carbocycles. The molecule has 0 fully saturated rings. The van der Waals surface area contributed by atoms with E-state index in [-0.39, 0.29) is 10.7 Å². The van der Waals surface area contributed by atoms with E-state index >= 15 is 0 Å². The van der Waals surface area contributed by atoms with Crippen molar-refractivity contribution in [3.63, 3.8) is 0 Å². The van der Waals surface area contributed by atoms with Crippen LogP contribution in [0.15, 0.2) is 34.2 Å². The van der Waals surface area contributed by atoms with Crippen molar-refractivity contribution in [2.24, 2.45) is 0 Å². The molecule has 25 heavy (non-hydrogen) atoms. The predicted molar refractivity (Wildman–Crippen MR) is 96.2 cm³/mol. The Kier molecular flexibility index (Phi) is 4.89. The van der Waals surface area contributed by atoms with Crippen molar-refractivity contribution >= 4 is 11.8 Å². The Morgan fingerprint density at radius 2 is 1.92 bits per heavy atom. The van der Waals surface area contributed by atoms with E-state index in [0.29, 0.717) is 11.7 Å². The Balaban J connectivity index is 1.83. The van der Waals surface area contributed by atoms with Gasteiger partial charge in [0.15, 0.2) is 16.8 Å². The molecule has 0 amide bonds. The summed E-state index contributed by atoms with van der Waals surface area (Å²) in [5.74, 6) is 2.15. The molecule has 3 heterocycles. The minimum atomic E-state index is -0.135. The maximum atomic E-state index is 5.44. The van der Waals surface area contributed by atoms with Crippen LogP contribution in [-0.2, 0) is 12.0 Å². The monoisotopic (exact) mass is 358 g/mol. The van der Waals surface area contributed by atoms with E-state index in [4.69, 9.17) is 4.52 Å². The highest BCUT2D eigenvalue weighted by atomic mass is 32.2. The first-order valence-corrected chi connectivity index (χ1v) is 9.12. The molecule has 3 aromatic heterocycles. The number of rotatable bonds is 5. The lowest BCUT2D eigenvalue weighted by Gasteiger charge is -2.11. The molecule has 0 aliphatic rings. The van der Waals surface area contributed by atoms with Crippen LogP contribution in [0.25, 0.3) is 11.4 Å².